The van der Waals surface area contributed by atoms with Crippen molar-refractivity contribution in [3.63, 3.8) is 0 Å². The fourth-order valence-electron chi connectivity index (χ4n) is 2.81. The number of nitrogens with one attached hydrogen (secondary N) is 1. The van der Waals surface area contributed by atoms with Crippen molar-refractivity contribution in [1.29, 1.82) is 0 Å². The van der Waals surface area contributed by atoms with E-state index in [0.29, 0.717) is 24.4 Å². The van der Waals surface area contributed by atoms with Gasteiger partial charge in [-0.3, -0.25) is 14.5 Å². The number of halogens is 1. The number of rotatable bonds is 6. The number of amides is 3. The van der Waals surface area contributed by atoms with Crippen molar-refractivity contribution in [2.75, 3.05) is 32.1 Å². The van der Waals surface area contributed by atoms with Gasteiger partial charge < -0.3 is 15.3 Å². The molecule has 0 aliphatic carbocycles. The standard InChI is InChI=1S/C17H22ClN3O4/c1-20(2)15(22)8-11-10-21(14-6-5-12(18)9-13(11)14)17(25)19-7-3-4-16(23)24/h5-6,9,11H,3-4,7-8,10H2,1-2H3,(H,19,25)(H,23,24). The predicted octanol–water partition coefficient (Wildman–Crippen LogP) is 2.30. The van der Waals surface area contributed by atoms with Crippen LogP contribution in [-0.4, -0.2) is 55.1 Å². The Morgan fingerprint density at radius 3 is 2.72 bits per heavy atom. The molecule has 0 aromatic heterocycles. The van der Waals surface area contributed by atoms with Crippen LogP contribution in [0.3, 0.4) is 0 Å². The van der Waals surface area contributed by atoms with Gasteiger partial charge in [0.1, 0.15) is 0 Å². The maximum atomic E-state index is 12.4. The Bertz CT molecular complexity index is 678. The van der Waals surface area contributed by atoms with Gasteiger partial charge >= 0.3 is 12.0 Å². The summed E-state index contributed by atoms with van der Waals surface area (Å²) in [4.78, 5) is 38.1. The molecule has 1 atom stereocenters. The van der Waals surface area contributed by atoms with Crippen LogP contribution in [0.5, 0.6) is 0 Å². The van der Waals surface area contributed by atoms with Crippen LogP contribution < -0.4 is 10.2 Å². The first kappa shape index (κ1) is 19.1. The summed E-state index contributed by atoms with van der Waals surface area (Å²) in [7, 11) is 3.40. The van der Waals surface area contributed by atoms with Crippen LogP contribution in [0.2, 0.25) is 5.02 Å². The third-order valence-corrected chi connectivity index (χ3v) is 4.37. The van der Waals surface area contributed by atoms with Crippen LogP contribution in [-0.2, 0) is 9.59 Å². The lowest BCUT2D eigenvalue weighted by Crippen LogP contribution is -2.40. The number of anilines is 1. The van der Waals surface area contributed by atoms with Crippen molar-refractivity contribution in [2.24, 2.45) is 0 Å². The van der Waals surface area contributed by atoms with E-state index in [2.05, 4.69) is 5.32 Å². The lowest BCUT2D eigenvalue weighted by Gasteiger charge is -2.19. The Balaban J connectivity index is 2.09. The molecule has 1 aromatic rings. The number of hydrogen-bond acceptors (Lipinski definition) is 3. The molecule has 3 amide bonds. The molecule has 1 aliphatic heterocycles. The second-order valence-electron chi connectivity index (χ2n) is 6.23. The first-order chi connectivity index (χ1) is 11.8. The molecule has 0 bridgehead atoms. The molecular formula is C17H22ClN3O4. The van der Waals surface area contributed by atoms with E-state index in [4.69, 9.17) is 16.7 Å². The average molecular weight is 368 g/mol. The summed E-state index contributed by atoms with van der Waals surface area (Å²) in [5.41, 5.74) is 1.61. The molecule has 2 N–H and O–H groups in total. The minimum absolute atomic E-state index is 0.00639. The van der Waals surface area contributed by atoms with E-state index in [1.165, 1.54) is 4.90 Å². The number of carbonyl (C=O) groups excluding carboxylic acids is 2. The SMILES string of the molecule is CN(C)C(=O)CC1CN(C(=O)NCCCC(=O)O)c2ccc(Cl)cc21. The van der Waals surface area contributed by atoms with E-state index < -0.39 is 5.97 Å². The molecule has 1 aliphatic rings. The Morgan fingerprint density at radius 2 is 2.08 bits per heavy atom. The van der Waals surface area contributed by atoms with Crippen molar-refractivity contribution in [3.05, 3.63) is 28.8 Å². The third-order valence-electron chi connectivity index (χ3n) is 4.13. The molecular weight excluding hydrogens is 346 g/mol. The maximum Gasteiger partial charge on any atom is 0.321 e. The normalized spacial score (nSPS) is 15.6. The van der Waals surface area contributed by atoms with Gasteiger partial charge in [0.05, 0.1) is 0 Å². The molecule has 136 valence electrons. The monoisotopic (exact) mass is 367 g/mol. The highest BCUT2D eigenvalue weighted by Gasteiger charge is 2.34. The lowest BCUT2D eigenvalue weighted by molar-refractivity contribution is -0.137. The van der Waals surface area contributed by atoms with E-state index in [1.54, 1.807) is 37.2 Å². The van der Waals surface area contributed by atoms with Crippen molar-refractivity contribution in [2.45, 2.75) is 25.2 Å². The largest absolute Gasteiger partial charge is 0.481 e. The topological polar surface area (TPSA) is 90.0 Å². The van der Waals surface area contributed by atoms with E-state index in [0.717, 1.165) is 11.3 Å². The first-order valence-corrected chi connectivity index (χ1v) is 8.44. The maximum absolute atomic E-state index is 12.4. The molecule has 0 saturated carbocycles. The van der Waals surface area contributed by atoms with Gasteiger partial charge in [0.2, 0.25) is 5.91 Å². The number of aliphatic carboxylic acids is 1. The van der Waals surface area contributed by atoms with E-state index in [9.17, 15) is 14.4 Å². The number of nitrogens with zero attached hydrogens (tertiary/aromatic N) is 2. The summed E-state index contributed by atoms with van der Waals surface area (Å²) in [6.45, 7) is 0.672. The molecule has 25 heavy (non-hydrogen) atoms. The Hall–Kier alpha value is -2.28. The molecule has 0 saturated heterocycles. The van der Waals surface area contributed by atoms with Gasteiger partial charge in [0.15, 0.2) is 0 Å². The van der Waals surface area contributed by atoms with Gasteiger partial charge in [-0.2, -0.15) is 0 Å². The summed E-state index contributed by atoms with van der Waals surface area (Å²) in [5.74, 6) is -1.02. The fourth-order valence-corrected chi connectivity index (χ4v) is 2.99. The molecule has 2 rings (SSSR count). The van der Waals surface area contributed by atoms with Crippen LogP contribution in [0.1, 0.15) is 30.7 Å². The third kappa shape index (κ3) is 4.85. The first-order valence-electron chi connectivity index (χ1n) is 8.06. The summed E-state index contributed by atoms with van der Waals surface area (Å²) in [5, 5.41) is 11.9. The minimum atomic E-state index is -0.891. The number of fused-ring (bicyclic) bond motifs is 1. The fraction of sp³-hybridized carbons (Fsp3) is 0.471. The zero-order valence-electron chi connectivity index (χ0n) is 14.3. The molecule has 8 heteroatoms. The van der Waals surface area contributed by atoms with Crippen LogP contribution in [0, 0.1) is 0 Å². The molecule has 1 unspecified atom stereocenters. The van der Waals surface area contributed by atoms with Gasteiger partial charge in [-0.05, 0) is 30.2 Å². The molecule has 1 aromatic carbocycles. The highest BCUT2D eigenvalue weighted by molar-refractivity contribution is 6.30. The highest BCUT2D eigenvalue weighted by atomic mass is 35.5. The Kier molecular flexibility index (Phi) is 6.25. The van der Waals surface area contributed by atoms with Gasteiger partial charge in [-0.25, -0.2) is 4.79 Å². The Morgan fingerprint density at radius 1 is 1.36 bits per heavy atom. The average Bonchev–Trinajstić information content (AvgIpc) is 2.89. The van der Waals surface area contributed by atoms with Gasteiger partial charge in [-0.15, -0.1) is 0 Å². The summed E-state index contributed by atoms with van der Waals surface area (Å²) in [6, 6.07) is 4.98. The number of urea groups is 1. The second-order valence-corrected chi connectivity index (χ2v) is 6.67. The van der Waals surface area contributed by atoms with Gasteiger partial charge in [-0.1, -0.05) is 11.6 Å². The van der Waals surface area contributed by atoms with E-state index in [1.807, 2.05) is 0 Å². The van der Waals surface area contributed by atoms with Crippen molar-refractivity contribution >= 4 is 35.2 Å². The summed E-state index contributed by atoms with van der Waals surface area (Å²) in [6.07, 6.45) is 0.667. The molecule has 1 heterocycles. The molecule has 0 radical (unpaired) electrons. The molecule has 0 fully saturated rings. The second kappa shape index (κ2) is 8.20. The number of benzene rings is 1. The van der Waals surface area contributed by atoms with Gasteiger partial charge in [0.25, 0.3) is 0 Å². The molecule has 7 nitrogen and oxygen atoms in total. The highest BCUT2D eigenvalue weighted by Crippen LogP contribution is 2.39. The predicted molar refractivity (Wildman–Crippen MR) is 95.1 cm³/mol. The van der Waals surface area contributed by atoms with Crippen molar-refractivity contribution in [1.82, 2.24) is 10.2 Å². The van der Waals surface area contributed by atoms with Crippen LogP contribution in [0.15, 0.2) is 18.2 Å². The number of carboxylic acid groups (broad SMARTS) is 1. The Labute approximate surface area is 151 Å². The summed E-state index contributed by atoms with van der Waals surface area (Å²) < 4.78 is 0. The van der Waals surface area contributed by atoms with E-state index in [-0.39, 0.29) is 30.8 Å². The number of hydrogen-bond donors (Lipinski definition) is 2. The van der Waals surface area contributed by atoms with Crippen LogP contribution in [0.4, 0.5) is 10.5 Å². The van der Waals surface area contributed by atoms with Gasteiger partial charge in [0, 0.05) is 56.7 Å². The number of carboxylic acids is 1. The van der Waals surface area contributed by atoms with Crippen molar-refractivity contribution < 1.29 is 19.5 Å². The van der Waals surface area contributed by atoms with Crippen LogP contribution in [0.25, 0.3) is 0 Å². The van der Waals surface area contributed by atoms with Crippen molar-refractivity contribution in [3.8, 4) is 0 Å². The zero-order valence-corrected chi connectivity index (χ0v) is 15.0. The molecule has 0 spiro atoms. The van der Waals surface area contributed by atoms with Crippen LogP contribution >= 0.6 is 11.6 Å². The minimum Gasteiger partial charge on any atom is -0.481 e. The summed E-state index contributed by atoms with van der Waals surface area (Å²) >= 11 is 6.08. The number of carbonyl (C=O) groups is 3. The quantitative estimate of drug-likeness (QED) is 0.755. The zero-order chi connectivity index (χ0) is 18.6. The lowest BCUT2D eigenvalue weighted by atomic mass is 9.97. The van der Waals surface area contributed by atoms with E-state index >= 15 is 0 Å². The smallest absolute Gasteiger partial charge is 0.321 e.